The highest BCUT2D eigenvalue weighted by Gasteiger charge is 2.19. The number of hydrogen-bond donors (Lipinski definition) is 0. The number of hydrogen-bond acceptors (Lipinski definition) is 3. The average Bonchev–Trinajstić information content (AvgIpc) is 2.57. The summed E-state index contributed by atoms with van der Waals surface area (Å²) in [5.41, 5.74) is 0.983. The third kappa shape index (κ3) is 3.31. The maximum absolute atomic E-state index is 14.3. The van der Waals surface area contributed by atoms with Gasteiger partial charge in [-0.1, -0.05) is 30.3 Å². The van der Waals surface area contributed by atoms with Gasteiger partial charge in [0.2, 0.25) is 9.84 Å². The van der Waals surface area contributed by atoms with Crippen molar-refractivity contribution in [1.29, 1.82) is 0 Å². The molecule has 0 N–H and O–H groups in total. The highest BCUT2D eigenvalue weighted by Crippen LogP contribution is 2.29. The lowest BCUT2D eigenvalue weighted by Gasteiger charge is -2.09. The molecule has 3 aromatic carbocycles. The van der Waals surface area contributed by atoms with Gasteiger partial charge in [-0.05, 0) is 55.0 Å². The molecule has 0 heterocycles. The van der Waals surface area contributed by atoms with Crippen molar-refractivity contribution in [2.45, 2.75) is 16.7 Å². The Morgan fingerprint density at radius 3 is 2.25 bits per heavy atom. The zero-order valence-electron chi connectivity index (χ0n) is 12.9. The summed E-state index contributed by atoms with van der Waals surface area (Å²) in [6, 6.07) is 18.8. The van der Waals surface area contributed by atoms with Crippen LogP contribution in [-0.4, -0.2) is 8.42 Å². The van der Waals surface area contributed by atoms with Gasteiger partial charge in [-0.2, -0.15) is 0 Å². The first kappa shape index (κ1) is 16.2. The minimum absolute atomic E-state index is 0.0207. The van der Waals surface area contributed by atoms with E-state index in [1.54, 1.807) is 36.4 Å². The van der Waals surface area contributed by atoms with Crippen LogP contribution < -0.4 is 4.74 Å². The van der Waals surface area contributed by atoms with Crippen molar-refractivity contribution < 1.29 is 17.5 Å². The van der Waals surface area contributed by atoms with Crippen LogP contribution in [0.4, 0.5) is 4.39 Å². The molecule has 0 aromatic heterocycles. The first-order valence-electron chi connectivity index (χ1n) is 7.31. The summed E-state index contributed by atoms with van der Waals surface area (Å²) >= 11 is 0. The second kappa shape index (κ2) is 6.45. The van der Waals surface area contributed by atoms with E-state index in [-0.39, 0.29) is 15.5 Å². The van der Waals surface area contributed by atoms with E-state index in [1.165, 1.54) is 24.3 Å². The Kier molecular flexibility index (Phi) is 4.36. The molecule has 3 rings (SSSR count). The second-order valence-corrected chi connectivity index (χ2v) is 7.28. The highest BCUT2D eigenvalue weighted by atomic mass is 32.2. The molecule has 122 valence electrons. The van der Waals surface area contributed by atoms with E-state index in [4.69, 9.17) is 4.74 Å². The first-order valence-corrected chi connectivity index (χ1v) is 8.79. The van der Waals surface area contributed by atoms with Gasteiger partial charge in [-0.25, -0.2) is 12.8 Å². The van der Waals surface area contributed by atoms with Crippen LogP contribution in [0.2, 0.25) is 0 Å². The Bertz CT molecular complexity index is 967. The molecule has 0 bridgehead atoms. The van der Waals surface area contributed by atoms with E-state index >= 15 is 0 Å². The minimum atomic E-state index is -3.75. The maximum Gasteiger partial charge on any atom is 0.206 e. The smallest absolute Gasteiger partial charge is 0.206 e. The Labute approximate surface area is 140 Å². The first-order chi connectivity index (χ1) is 11.5. The fraction of sp³-hybridized carbons (Fsp3) is 0.0526. The third-order valence-corrected chi connectivity index (χ3v) is 5.25. The van der Waals surface area contributed by atoms with Crippen molar-refractivity contribution in [3.8, 4) is 11.5 Å². The van der Waals surface area contributed by atoms with Crippen molar-refractivity contribution in [3.05, 3.63) is 84.2 Å². The molecule has 0 amide bonds. The molecule has 0 fully saturated rings. The Morgan fingerprint density at radius 1 is 0.833 bits per heavy atom. The van der Waals surface area contributed by atoms with Crippen LogP contribution in [0.1, 0.15) is 5.56 Å². The molecule has 0 saturated heterocycles. The molecule has 5 heteroatoms. The lowest BCUT2D eigenvalue weighted by molar-refractivity contribution is 0.440. The zero-order chi connectivity index (χ0) is 17.2. The largest absolute Gasteiger partial charge is 0.454 e. The van der Waals surface area contributed by atoms with E-state index < -0.39 is 15.7 Å². The van der Waals surface area contributed by atoms with E-state index in [0.29, 0.717) is 5.75 Å². The van der Waals surface area contributed by atoms with Gasteiger partial charge in [0.05, 0.1) is 9.79 Å². The van der Waals surface area contributed by atoms with Crippen LogP contribution in [0.15, 0.2) is 82.6 Å². The molecule has 0 aliphatic rings. The monoisotopic (exact) mass is 342 g/mol. The summed E-state index contributed by atoms with van der Waals surface area (Å²) < 4.78 is 44.8. The van der Waals surface area contributed by atoms with E-state index in [1.807, 2.05) is 13.0 Å². The van der Waals surface area contributed by atoms with Gasteiger partial charge in [0.15, 0.2) is 11.6 Å². The van der Waals surface area contributed by atoms with Crippen LogP contribution in [0.5, 0.6) is 11.5 Å². The fourth-order valence-electron chi connectivity index (χ4n) is 2.27. The van der Waals surface area contributed by atoms with Crippen LogP contribution in [0.3, 0.4) is 0 Å². The van der Waals surface area contributed by atoms with Gasteiger partial charge < -0.3 is 4.74 Å². The number of sulfone groups is 1. The quantitative estimate of drug-likeness (QED) is 0.686. The summed E-state index contributed by atoms with van der Waals surface area (Å²) in [7, 11) is -3.75. The highest BCUT2D eigenvalue weighted by molar-refractivity contribution is 7.91. The molecular weight excluding hydrogens is 327 g/mol. The summed E-state index contributed by atoms with van der Waals surface area (Å²) in [5, 5.41) is 0. The molecule has 0 atom stereocenters. The normalized spacial score (nSPS) is 11.2. The third-order valence-electron chi connectivity index (χ3n) is 3.48. The molecule has 3 aromatic rings. The van der Waals surface area contributed by atoms with Crippen molar-refractivity contribution >= 4 is 9.84 Å². The molecule has 0 unspecified atom stereocenters. The SMILES string of the molecule is Cc1cccc(Oc2ccc(S(=O)(=O)c3ccccc3)cc2F)c1. The number of halogens is 1. The summed E-state index contributed by atoms with van der Waals surface area (Å²) in [4.78, 5) is 0.0135. The lowest BCUT2D eigenvalue weighted by atomic mass is 10.2. The molecule has 0 spiro atoms. The van der Waals surface area contributed by atoms with Gasteiger partial charge >= 0.3 is 0 Å². The number of benzene rings is 3. The molecule has 0 aliphatic heterocycles. The van der Waals surface area contributed by atoms with Crippen molar-refractivity contribution in [1.82, 2.24) is 0 Å². The van der Waals surface area contributed by atoms with Crippen LogP contribution >= 0.6 is 0 Å². The predicted octanol–water partition coefficient (Wildman–Crippen LogP) is 4.76. The van der Waals surface area contributed by atoms with Crippen LogP contribution in [0.25, 0.3) is 0 Å². The number of aryl methyl sites for hydroxylation is 1. The van der Waals surface area contributed by atoms with E-state index in [0.717, 1.165) is 11.6 Å². The predicted molar refractivity (Wildman–Crippen MR) is 89.5 cm³/mol. The average molecular weight is 342 g/mol. The molecular formula is C19H15FO3S. The molecule has 0 saturated carbocycles. The minimum Gasteiger partial charge on any atom is -0.454 e. The standard InChI is InChI=1S/C19H15FO3S/c1-14-6-5-7-15(12-14)23-19-11-10-17(13-18(19)20)24(21,22)16-8-3-2-4-9-16/h2-13H,1H3. The van der Waals surface area contributed by atoms with Gasteiger partial charge in [0.1, 0.15) is 5.75 Å². The summed E-state index contributed by atoms with van der Waals surface area (Å²) in [5.74, 6) is -0.256. The van der Waals surface area contributed by atoms with Gasteiger partial charge in [0.25, 0.3) is 0 Å². The summed E-state index contributed by atoms with van der Waals surface area (Å²) in [6.07, 6.45) is 0. The van der Waals surface area contributed by atoms with Crippen LogP contribution in [-0.2, 0) is 9.84 Å². The van der Waals surface area contributed by atoms with E-state index in [2.05, 4.69) is 0 Å². The van der Waals surface area contributed by atoms with Gasteiger partial charge in [0, 0.05) is 0 Å². The Balaban J connectivity index is 1.93. The fourth-order valence-corrected chi connectivity index (χ4v) is 3.57. The van der Waals surface area contributed by atoms with E-state index in [9.17, 15) is 12.8 Å². The molecule has 0 radical (unpaired) electrons. The molecule has 24 heavy (non-hydrogen) atoms. The number of rotatable bonds is 4. The van der Waals surface area contributed by atoms with Crippen molar-refractivity contribution in [3.63, 3.8) is 0 Å². The van der Waals surface area contributed by atoms with Crippen LogP contribution in [0, 0.1) is 12.7 Å². The maximum atomic E-state index is 14.3. The lowest BCUT2D eigenvalue weighted by Crippen LogP contribution is -2.02. The second-order valence-electron chi connectivity index (χ2n) is 5.33. The molecule has 0 aliphatic carbocycles. The van der Waals surface area contributed by atoms with Gasteiger partial charge in [-0.3, -0.25) is 0 Å². The summed E-state index contributed by atoms with van der Waals surface area (Å²) in [6.45, 7) is 1.90. The zero-order valence-corrected chi connectivity index (χ0v) is 13.8. The molecule has 3 nitrogen and oxygen atoms in total. The van der Waals surface area contributed by atoms with Crippen molar-refractivity contribution in [2.24, 2.45) is 0 Å². The Hall–Kier alpha value is -2.66. The van der Waals surface area contributed by atoms with Gasteiger partial charge in [-0.15, -0.1) is 0 Å². The Morgan fingerprint density at radius 2 is 1.58 bits per heavy atom. The topological polar surface area (TPSA) is 43.4 Å². The number of ether oxygens (including phenoxy) is 1. The van der Waals surface area contributed by atoms with Crippen molar-refractivity contribution in [2.75, 3.05) is 0 Å².